The molecule has 0 spiro atoms. The van der Waals surface area contributed by atoms with Gasteiger partial charge in [0.05, 0.1) is 0 Å². The van der Waals surface area contributed by atoms with Crippen molar-refractivity contribution in [1.82, 2.24) is 0 Å². The number of rotatable bonds is 1. The van der Waals surface area contributed by atoms with E-state index in [2.05, 4.69) is 32.6 Å². The summed E-state index contributed by atoms with van der Waals surface area (Å²) in [5.74, 6) is 0. The Kier molecular flexibility index (Phi) is 16.6. The van der Waals surface area contributed by atoms with Gasteiger partial charge in [-0.2, -0.15) is 9.90 Å². The first-order valence-corrected chi connectivity index (χ1v) is 1.09. The molecule has 1 unspecified atom stereocenters. The molecule has 0 aliphatic rings. The first-order valence-electron chi connectivity index (χ1n) is 0.475. The lowest BCUT2D eigenvalue weighted by Gasteiger charge is -1.67. The zero-order valence-electron chi connectivity index (χ0n) is 2.28. The van der Waals surface area contributed by atoms with Crippen molar-refractivity contribution in [2.75, 3.05) is 0 Å². The largest absolute Gasteiger partial charge is 0.153 e. The summed E-state index contributed by atoms with van der Waals surface area (Å²) in [5.41, 5.74) is 0. The molecule has 0 radical (unpaired) electrons. The molecule has 0 heterocycles. The van der Waals surface area contributed by atoms with Crippen LogP contribution >= 0.6 is 33.6 Å². The van der Waals surface area contributed by atoms with Gasteiger partial charge in [0.15, 0.2) is 0 Å². The minimum absolute atomic E-state index is 0. The van der Waals surface area contributed by atoms with Crippen molar-refractivity contribution in [2.24, 2.45) is 0 Å². The molecule has 5 heteroatoms. The van der Waals surface area contributed by atoms with Crippen LogP contribution in [0.4, 0.5) is 0 Å². The van der Waals surface area contributed by atoms with Crippen molar-refractivity contribution >= 4 is 33.6 Å². The van der Waals surface area contributed by atoms with E-state index in [9.17, 15) is 0 Å². The zero-order chi connectivity index (χ0) is 3.41. The molecule has 0 saturated carbocycles. The molecule has 2 nitrogen and oxygen atoms in total. The highest BCUT2D eigenvalue weighted by Crippen LogP contribution is 1.82. The number of halogens is 2. The number of hydrogen-bond donors (Lipinski definition) is 0. The van der Waals surface area contributed by atoms with Crippen molar-refractivity contribution in [1.29, 1.82) is 0 Å². The van der Waals surface area contributed by atoms with Crippen LogP contribution in [0, 0.1) is 0 Å². The predicted molar refractivity (Wildman–Crippen MR) is 25.0 cm³/mol. The lowest BCUT2D eigenvalue weighted by atomic mass is 15.0. The van der Waals surface area contributed by atoms with E-state index in [1.807, 2.05) is 0 Å². The molecule has 0 amide bonds. The topological polar surface area (TPSA) is 18.5 Å². The van der Waals surface area contributed by atoms with Gasteiger partial charge < -0.3 is 0 Å². The van der Waals surface area contributed by atoms with Crippen molar-refractivity contribution in [3.63, 3.8) is 0 Å². The summed E-state index contributed by atoms with van der Waals surface area (Å²) in [6.07, 6.45) is 0. The summed E-state index contributed by atoms with van der Waals surface area (Å²) in [5, 5.41) is 0. The summed E-state index contributed by atoms with van der Waals surface area (Å²) < 4.78 is 6.56. The van der Waals surface area contributed by atoms with Crippen LogP contribution in [0.15, 0.2) is 0 Å². The average Bonchev–Trinajstić information content (AvgIpc) is 1.37. The average molecular weight is 137 g/mol. The van der Waals surface area contributed by atoms with Gasteiger partial charge in [-0.15, -0.1) is 8.88 Å². The third kappa shape index (κ3) is 11.4. The standard InChI is InChI=1S/Cl2O2.H3P/c1-3-4-2;/h;1H3. The molecule has 0 aliphatic heterocycles. The van der Waals surface area contributed by atoms with Crippen molar-refractivity contribution < 1.29 is 8.88 Å². The van der Waals surface area contributed by atoms with Crippen LogP contribution in [-0.4, -0.2) is 0 Å². The molecule has 0 fully saturated rings. The van der Waals surface area contributed by atoms with Gasteiger partial charge in [0, 0.05) is 0 Å². The Morgan fingerprint density at radius 2 is 1.20 bits per heavy atom. The van der Waals surface area contributed by atoms with E-state index in [-0.39, 0.29) is 9.90 Å². The highest BCUT2D eigenvalue weighted by molar-refractivity contribution is 6.92. The Morgan fingerprint density at radius 1 is 1.00 bits per heavy atom. The Morgan fingerprint density at radius 3 is 1.20 bits per heavy atom. The van der Waals surface area contributed by atoms with Gasteiger partial charge in [0.1, 0.15) is 23.7 Å². The summed E-state index contributed by atoms with van der Waals surface area (Å²) >= 11 is 8.66. The normalized spacial score (nSPS) is 6.00. The Labute approximate surface area is 43.2 Å². The molecular weight excluding hydrogens is 134 g/mol. The first-order chi connectivity index (χ1) is 1.91. The van der Waals surface area contributed by atoms with E-state index in [1.54, 1.807) is 0 Å². The van der Waals surface area contributed by atoms with Gasteiger partial charge in [-0.05, 0) is 0 Å². The monoisotopic (exact) mass is 136 g/mol. The molecule has 0 N–H and O–H groups in total. The van der Waals surface area contributed by atoms with E-state index in [1.165, 1.54) is 0 Å². The molecule has 0 aromatic carbocycles. The van der Waals surface area contributed by atoms with Gasteiger partial charge in [0.25, 0.3) is 0 Å². The molecule has 0 saturated heterocycles. The smallest absolute Gasteiger partial charge is 0.102 e. The fraction of sp³-hybridized carbons (Fsp3) is 0. The van der Waals surface area contributed by atoms with Gasteiger partial charge in [-0.25, -0.2) is 0 Å². The summed E-state index contributed by atoms with van der Waals surface area (Å²) in [7, 11) is 0. The van der Waals surface area contributed by atoms with Crippen molar-refractivity contribution in [3.05, 3.63) is 0 Å². The Hall–Kier alpha value is 0.930. The van der Waals surface area contributed by atoms with Crippen LogP contribution in [0.2, 0.25) is 0 Å². The van der Waals surface area contributed by atoms with Crippen LogP contribution in [-0.2, 0) is 8.88 Å². The van der Waals surface area contributed by atoms with Gasteiger partial charge in [0.2, 0.25) is 0 Å². The fourth-order valence-corrected chi connectivity index (χ4v) is 0. The van der Waals surface area contributed by atoms with Crippen LogP contribution in [0.1, 0.15) is 0 Å². The van der Waals surface area contributed by atoms with Gasteiger partial charge in [-0.3, -0.25) is 0 Å². The molecule has 34 valence electrons. The summed E-state index contributed by atoms with van der Waals surface area (Å²) in [4.78, 5) is 0. The molecule has 0 aromatic heterocycles. The summed E-state index contributed by atoms with van der Waals surface area (Å²) in [6.45, 7) is 0. The van der Waals surface area contributed by atoms with E-state index in [0.717, 1.165) is 0 Å². The van der Waals surface area contributed by atoms with Crippen LogP contribution < -0.4 is 0 Å². The van der Waals surface area contributed by atoms with Crippen LogP contribution in [0.25, 0.3) is 0 Å². The van der Waals surface area contributed by atoms with Crippen molar-refractivity contribution in [2.45, 2.75) is 0 Å². The SMILES string of the molecule is ClOOCl.P. The van der Waals surface area contributed by atoms with Crippen LogP contribution in [0.5, 0.6) is 0 Å². The maximum atomic E-state index is 4.33. The Balaban J connectivity index is 0. The molecule has 0 aliphatic carbocycles. The Bertz CT molecular complexity index is 9.61. The maximum Gasteiger partial charge on any atom is 0.102 e. The number of hydrogen-bond acceptors (Lipinski definition) is 2. The molecular formula is H3Cl2O2P. The highest BCUT2D eigenvalue weighted by Gasteiger charge is 1.58. The van der Waals surface area contributed by atoms with E-state index >= 15 is 0 Å². The molecule has 5 heavy (non-hydrogen) atoms. The minimum atomic E-state index is 0. The van der Waals surface area contributed by atoms with Gasteiger partial charge in [-0.1, -0.05) is 0 Å². The minimum Gasteiger partial charge on any atom is -0.153 e. The predicted octanol–water partition coefficient (Wildman–Crippen LogP) is 1.30. The van der Waals surface area contributed by atoms with Crippen LogP contribution in [0.3, 0.4) is 0 Å². The van der Waals surface area contributed by atoms with E-state index < -0.39 is 0 Å². The third-order valence-corrected chi connectivity index (χ3v) is 0.214. The van der Waals surface area contributed by atoms with Gasteiger partial charge >= 0.3 is 0 Å². The first kappa shape index (κ1) is 9.33. The third-order valence-electron chi connectivity index (χ3n) is 0.0238. The zero-order valence-corrected chi connectivity index (χ0v) is 5.21. The quantitative estimate of drug-likeness (QED) is 0.308. The van der Waals surface area contributed by atoms with Crippen molar-refractivity contribution in [3.8, 4) is 0 Å². The second-order valence-corrected chi connectivity index (χ2v) is 0.378. The lowest BCUT2D eigenvalue weighted by molar-refractivity contribution is -0.0832. The molecule has 1 atom stereocenters. The van der Waals surface area contributed by atoms with E-state index in [4.69, 9.17) is 0 Å². The molecule has 0 rings (SSSR count). The second-order valence-electron chi connectivity index (χ2n) is 0.126. The fourth-order valence-electron chi connectivity index (χ4n) is 0. The molecule has 0 bridgehead atoms. The molecule has 0 aromatic rings. The second kappa shape index (κ2) is 8.87. The highest BCUT2D eigenvalue weighted by atomic mass is 35.5. The maximum absolute atomic E-state index is 4.33. The van der Waals surface area contributed by atoms with E-state index in [0.29, 0.717) is 0 Å². The lowest BCUT2D eigenvalue weighted by Crippen LogP contribution is -1.52. The summed E-state index contributed by atoms with van der Waals surface area (Å²) in [6, 6.07) is 0.